The van der Waals surface area contributed by atoms with Crippen molar-refractivity contribution in [2.45, 2.75) is 38.7 Å². The molecular formula is C10H18Br2O. The largest absolute Gasteiger partial charge is 0.378 e. The molecule has 78 valence electrons. The average Bonchev–Trinajstić information content (AvgIpc) is 2.67. The Kier molecular flexibility index (Phi) is 5.27. The van der Waals surface area contributed by atoms with Crippen molar-refractivity contribution in [3.63, 3.8) is 0 Å². The highest BCUT2D eigenvalue weighted by Gasteiger charge is 2.31. The molecule has 1 nitrogen and oxygen atoms in total. The van der Waals surface area contributed by atoms with Crippen molar-refractivity contribution >= 4 is 31.9 Å². The molecule has 0 bridgehead atoms. The van der Waals surface area contributed by atoms with Gasteiger partial charge in [0.15, 0.2) is 0 Å². The van der Waals surface area contributed by atoms with Gasteiger partial charge in [0, 0.05) is 17.3 Å². The summed E-state index contributed by atoms with van der Waals surface area (Å²) >= 11 is 7.23. The summed E-state index contributed by atoms with van der Waals surface area (Å²) in [7, 11) is 0. The van der Waals surface area contributed by atoms with Crippen LogP contribution in [-0.2, 0) is 4.74 Å². The average molecular weight is 314 g/mol. The third kappa shape index (κ3) is 3.21. The fraction of sp³-hybridized carbons (Fsp3) is 1.00. The second-order valence-electron chi connectivity index (χ2n) is 3.96. The van der Waals surface area contributed by atoms with Crippen molar-refractivity contribution in [3.05, 3.63) is 0 Å². The maximum atomic E-state index is 5.67. The molecule has 1 aliphatic rings. The Morgan fingerprint density at radius 1 is 1.38 bits per heavy atom. The lowest BCUT2D eigenvalue weighted by molar-refractivity contribution is 0.0735. The lowest BCUT2D eigenvalue weighted by Crippen LogP contribution is -2.29. The number of hydrogen-bond acceptors (Lipinski definition) is 1. The molecule has 3 heteroatoms. The molecule has 0 aromatic carbocycles. The van der Waals surface area contributed by atoms with E-state index in [1.807, 2.05) is 0 Å². The van der Waals surface area contributed by atoms with Gasteiger partial charge in [0.25, 0.3) is 0 Å². The highest BCUT2D eigenvalue weighted by atomic mass is 79.9. The second kappa shape index (κ2) is 5.72. The van der Waals surface area contributed by atoms with E-state index in [4.69, 9.17) is 4.74 Å². The minimum atomic E-state index is 0.398. The summed E-state index contributed by atoms with van der Waals surface area (Å²) in [5.74, 6) is 0. The van der Waals surface area contributed by atoms with Crippen molar-refractivity contribution in [1.82, 2.24) is 0 Å². The zero-order valence-electron chi connectivity index (χ0n) is 8.19. The van der Waals surface area contributed by atoms with Crippen LogP contribution in [0.3, 0.4) is 0 Å². The quantitative estimate of drug-likeness (QED) is 0.703. The van der Waals surface area contributed by atoms with E-state index in [2.05, 4.69) is 38.8 Å². The zero-order chi connectivity index (χ0) is 9.73. The van der Waals surface area contributed by atoms with E-state index in [0.29, 0.717) is 11.5 Å². The van der Waals surface area contributed by atoms with E-state index >= 15 is 0 Å². The molecule has 0 saturated carbocycles. The molecule has 1 rings (SSSR count). The minimum absolute atomic E-state index is 0.398. The third-order valence-corrected chi connectivity index (χ3v) is 5.38. The van der Waals surface area contributed by atoms with E-state index in [1.54, 1.807) is 0 Å². The van der Waals surface area contributed by atoms with Gasteiger partial charge in [0.05, 0.1) is 6.10 Å². The number of hydrogen-bond donors (Lipinski definition) is 0. The van der Waals surface area contributed by atoms with E-state index in [9.17, 15) is 0 Å². The van der Waals surface area contributed by atoms with Gasteiger partial charge in [-0.15, -0.1) is 0 Å². The van der Waals surface area contributed by atoms with Crippen LogP contribution >= 0.6 is 31.9 Å². The number of alkyl halides is 2. The topological polar surface area (TPSA) is 9.23 Å². The summed E-state index contributed by atoms with van der Waals surface area (Å²) in [4.78, 5) is 0. The molecule has 0 radical (unpaired) electrons. The van der Waals surface area contributed by atoms with Gasteiger partial charge >= 0.3 is 0 Å². The number of rotatable bonds is 5. The molecule has 0 spiro atoms. The molecule has 0 aromatic heterocycles. The van der Waals surface area contributed by atoms with Crippen molar-refractivity contribution in [3.8, 4) is 0 Å². The minimum Gasteiger partial charge on any atom is -0.378 e. The first-order valence-corrected chi connectivity index (χ1v) is 7.24. The molecule has 1 fully saturated rings. The summed E-state index contributed by atoms with van der Waals surface area (Å²) < 4.78 is 5.67. The molecule has 0 aromatic rings. The summed E-state index contributed by atoms with van der Waals surface area (Å²) in [6, 6.07) is 0. The van der Waals surface area contributed by atoms with Gasteiger partial charge in [-0.2, -0.15) is 0 Å². The maximum Gasteiger partial charge on any atom is 0.0581 e. The van der Waals surface area contributed by atoms with E-state index in [-0.39, 0.29) is 0 Å². The van der Waals surface area contributed by atoms with Crippen LogP contribution in [-0.4, -0.2) is 23.4 Å². The summed E-state index contributed by atoms with van der Waals surface area (Å²) in [6.45, 7) is 3.23. The Bertz CT molecular complexity index is 132. The lowest BCUT2D eigenvalue weighted by atomic mass is 9.83. The van der Waals surface area contributed by atoms with E-state index < -0.39 is 0 Å². The Morgan fingerprint density at radius 3 is 2.46 bits per heavy atom. The Labute approximate surface area is 97.9 Å². The lowest BCUT2D eigenvalue weighted by Gasteiger charge is -2.31. The van der Waals surface area contributed by atoms with Crippen LogP contribution < -0.4 is 0 Å². The van der Waals surface area contributed by atoms with Gasteiger partial charge in [0.1, 0.15) is 0 Å². The molecule has 0 aliphatic carbocycles. The third-order valence-electron chi connectivity index (χ3n) is 3.00. The van der Waals surface area contributed by atoms with Crippen molar-refractivity contribution in [1.29, 1.82) is 0 Å². The highest BCUT2D eigenvalue weighted by Crippen LogP contribution is 2.35. The van der Waals surface area contributed by atoms with Gasteiger partial charge in [-0.1, -0.05) is 38.8 Å². The molecule has 1 heterocycles. The SMILES string of the molecule is CCC(CBr)(CBr)CC1CCCO1. The Morgan fingerprint density at radius 2 is 2.08 bits per heavy atom. The molecule has 0 amide bonds. The molecule has 1 aliphatic heterocycles. The first kappa shape index (κ1) is 12.0. The van der Waals surface area contributed by atoms with Crippen LogP contribution in [0.4, 0.5) is 0 Å². The van der Waals surface area contributed by atoms with Gasteiger partial charge in [-0.3, -0.25) is 0 Å². The van der Waals surface area contributed by atoms with Crippen LogP contribution in [0, 0.1) is 5.41 Å². The van der Waals surface area contributed by atoms with Crippen LogP contribution in [0.5, 0.6) is 0 Å². The van der Waals surface area contributed by atoms with E-state index in [0.717, 1.165) is 17.3 Å². The maximum absolute atomic E-state index is 5.67. The fourth-order valence-corrected chi connectivity index (χ4v) is 3.95. The standard InChI is InChI=1S/C10H18Br2O/c1-2-10(7-11,8-12)6-9-4-3-5-13-9/h9H,2-8H2,1H3. The normalized spacial score (nSPS) is 23.8. The van der Waals surface area contributed by atoms with Crippen molar-refractivity contribution < 1.29 is 4.74 Å². The van der Waals surface area contributed by atoms with Crippen LogP contribution in [0.1, 0.15) is 32.6 Å². The summed E-state index contributed by atoms with van der Waals surface area (Å²) in [5, 5.41) is 2.14. The van der Waals surface area contributed by atoms with E-state index in [1.165, 1.54) is 25.7 Å². The molecule has 1 saturated heterocycles. The van der Waals surface area contributed by atoms with Gasteiger partial charge < -0.3 is 4.74 Å². The summed E-state index contributed by atoms with van der Waals surface area (Å²) in [5.41, 5.74) is 0.398. The second-order valence-corrected chi connectivity index (χ2v) is 5.08. The Balaban J connectivity index is 2.44. The number of ether oxygens (including phenoxy) is 1. The highest BCUT2D eigenvalue weighted by molar-refractivity contribution is 9.09. The molecule has 1 unspecified atom stereocenters. The smallest absolute Gasteiger partial charge is 0.0581 e. The predicted octanol–water partition coefficient (Wildman–Crippen LogP) is 3.74. The monoisotopic (exact) mass is 312 g/mol. The first-order chi connectivity index (χ1) is 6.26. The molecule has 13 heavy (non-hydrogen) atoms. The summed E-state index contributed by atoms with van der Waals surface area (Å²) in [6.07, 6.45) is 5.41. The zero-order valence-corrected chi connectivity index (χ0v) is 11.4. The fourth-order valence-electron chi connectivity index (χ4n) is 1.77. The molecule has 1 atom stereocenters. The first-order valence-electron chi connectivity index (χ1n) is 5.00. The van der Waals surface area contributed by atoms with Gasteiger partial charge in [0.2, 0.25) is 0 Å². The van der Waals surface area contributed by atoms with Crippen molar-refractivity contribution in [2.75, 3.05) is 17.3 Å². The Hall–Kier alpha value is 0.920. The number of halogens is 2. The predicted molar refractivity (Wildman–Crippen MR) is 63.9 cm³/mol. The van der Waals surface area contributed by atoms with Crippen LogP contribution in [0.25, 0.3) is 0 Å². The molecular weight excluding hydrogens is 296 g/mol. The van der Waals surface area contributed by atoms with Crippen LogP contribution in [0.2, 0.25) is 0 Å². The molecule has 0 N–H and O–H groups in total. The van der Waals surface area contributed by atoms with Gasteiger partial charge in [-0.05, 0) is 31.1 Å². The van der Waals surface area contributed by atoms with Gasteiger partial charge in [-0.25, -0.2) is 0 Å². The van der Waals surface area contributed by atoms with Crippen LogP contribution in [0.15, 0.2) is 0 Å². The van der Waals surface area contributed by atoms with Crippen molar-refractivity contribution in [2.24, 2.45) is 5.41 Å².